The number of rotatable bonds is 6. The summed E-state index contributed by atoms with van der Waals surface area (Å²) in [5.41, 5.74) is 8.81. The zero-order chi connectivity index (χ0) is 13.5. The number of hydrogen-bond donors (Lipinski definition) is 2. The van der Waals surface area contributed by atoms with Crippen LogP contribution in [-0.4, -0.2) is 12.5 Å². The van der Waals surface area contributed by atoms with Gasteiger partial charge in [-0.05, 0) is 49.9 Å². The van der Waals surface area contributed by atoms with E-state index in [2.05, 4.69) is 12.2 Å². The van der Waals surface area contributed by atoms with Crippen LogP contribution in [0.2, 0.25) is 0 Å². The van der Waals surface area contributed by atoms with Gasteiger partial charge >= 0.3 is 0 Å². The molecule has 0 heterocycles. The number of benzene rings is 1. The van der Waals surface area contributed by atoms with Crippen LogP contribution in [0.1, 0.15) is 37.3 Å². The summed E-state index contributed by atoms with van der Waals surface area (Å²) in [5, 5.41) is 2.97. The van der Waals surface area contributed by atoms with E-state index in [4.69, 9.17) is 5.73 Å². The zero-order valence-electron chi connectivity index (χ0n) is 11.6. The first-order valence-electron chi connectivity index (χ1n) is 6.64. The molecule has 1 aromatic rings. The smallest absolute Gasteiger partial charge is 0.224 e. The predicted molar refractivity (Wildman–Crippen MR) is 76.6 cm³/mol. The number of hydrogen-bond acceptors (Lipinski definition) is 2. The lowest BCUT2D eigenvalue weighted by Gasteiger charge is -2.13. The molecule has 1 amide bonds. The molecule has 3 N–H and O–H groups in total. The van der Waals surface area contributed by atoms with Gasteiger partial charge in [0.2, 0.25) is 5.91 Å². The highest BCUT2D eigenvalue weighted by molar-refractivity contribution is 5.91. The van der Waals surface area contributed by atoms with Crippen molar-refractivity contribution in [2.45, 2.75) is 40.0 Å². The Morgan fingerprint density at radius 2 is 2.11 bits per heavy atom. The Hall–Kier alpha value is -1.35. The summed E-state index contributed by atoms with van der Waals surface area (Å²) in [6.45, 7) is 6.80. The van der Waals surface area contributed by atoms with Gasteiger partial charge in [0, 0.05) is 12.1 Å². The van der Waals surface area contributed by atoms with Crippen LogP contribution in [0.5, 0.6) is 0 Å². The third-order valence-electron chi connectivity index (χ3n) is 3.36. The summed E-state index contributed by atoms with van der Waals surface area (Å²) >= 11 is 0. The minimum atomic E-state index is 0.0793. The molecular weight excluding hydrogens is 224 g/mol. The van der Waals surface area contributed by atoms with E-state index < -0.39 is 0 Å². The maximum absolute atomic E-state index is 11.9. The van der Waals surface area contributed by atoms with Crippen molar-refractivity contribution in [1.82, 2.24) is 0 Å². The van der Waals surface area contributed by atoms with Gasteiger partial charge in [-0.1, -0.05) is 25.5 Å². The van der Waals surface area contributed by atoms with Crippen LogP contribution in [-0.2, 0) is 4.79 Å². The van der Waals surface area contributed by atoms with Crippen molar-refractivity contribution < 1.29 is 4.79 Å². The molecule has 0 aliphatic carbocycles. The van der Waals surface area contributed by atoms with E-state index in [1.54, 1.807) is 0 Å². The summed E-state index contributed by atoms with van der Waals surface area (Å²) < 4.78 is 0. The topological polar surface area (TPSA) is 55.1 Å². The Morgan fingerprint density at radius 3 is 2.72 bits per heavy atom. The highest BCUT2D eigenvalue weighted by Gasteiger charge is 2.09. The molecule has 3 nitrogen and oxygen atoms in total. The largest absolute Gasteiger partial charge is 0.330 e. The number of anilines is 1. The van der Waals surface area contributed by atoms with E-state index in [0.717, 1.165) is 29.7 Å². The molecule has 0 spiro atoms. The Kier molecular flexibility index (Phi) is 5.86. The van der Waals surface area contributed by atoms with Crippen LogP contribution >= 0.6 is 0 Å². The summed E-state index contributed by atoms with van der Waals surface area (Å²) in [5.74, 6) is 0.532. The van der Waals surface area contributed by atoms with Gasteiger partial charge < -0.3 is 11.1 Å². The van der Waals surface area contributed by atoms with Crippen molar-refractivity contribution >= 4 is 11.6 Å². The van der Waals surface area contributed by atoms with Crippen LogP contribution in [0.4, 0.5) is 5.69 Å². The third-order valence-corrected chi connectivity index (χ3v) is 3.36. The van der Waals surface area contributed by atoms with E-state index in [0.29, 0.717) is 18.9 Å². The third kappa shape index (κ3) is 4.49. The minimum Gasteiger partial charge on any atom is -0.330 e. The van der Waals surface area contributed by atoms with Gasteiger partial charge in [-0.2, -0.15) is 0 Å². The van der Waals surface area contributed by atoms with Crippen LogP contribution < -0.4 is 11.1 Å². The van der Waals surface area contributed by atoms with Gasteiger partial charge in [-0.15, -0.1) is 0 Å². The Morgan fingerprint density at radius 1 is 1.39 bits per heavy atom. The molecule has 18 heavy (non-hydrogen) atoms. The molecule has 100 valence electrons. The van der Waals surface area contributed by atoms with E-state index in [1.165, 1.54) is 0 Å². The molecule has 0 saturated carbocycles. The van der Waals surface area contributed by atoms with Gasteiger partial charge in [-0.3, -0.25) is 4.79 Å². The lowest BCUT2D eigenvalue weighted by molar-refractivity contribution is -0.116. The van der Waals surface area contributed by atoms with Gasteiger partial charge in [-0.25, -0.2) is 0 Å². The second-order valence-corrected chi connectivity index (χ2v) is 4.92. The quantitative estimate of drug-likeness (QED) is 0.813. The van der Waals surface area contributed by atoms with Crippen LogP contribution in [0, 0.1) is 19.8 Å². The normalized spacial score (nSPS) is 12.2. The van der Waals surface area contributed by atoms with E-state index in [9.17, 15) is 4.79 Å². The maximum atomic E-state index is 11.9. The fraction of sp³-hybridized carbons (Fsp3) is 0.533. The van der Waals surface area contributed by atoms with Crippen molar-refractivity contribution in [2.24, 2.45) is 11.7 Å². The molecule has 3 heteroatoms. The number of nitrogens with two attached hydrogens (primary N) is 1. The molecule has 1 rings (SSSR count). The van der Waals surface area contributed by atoms with Crippen molar-refractivity contribution in [2.75, 3.05) is 11.9 Å². The van der Waals surface area contributed by atoms with Gasteiger partial charge in [0.25, 0.3) is 0 Å². The standard InChI is InChI=1S/C15H24N2O/c1-4-13(10-16)7-8-15(18)17-14-9-11(2)5-6-12(14)3/h5-6,9,13H,4,7-8,10,16H2,1-3H3,(H,17,18). The van der Waals surface area contributed by atoms with E-state index in [-0.39, 0.29) is 5.91 Å². The van der Waals surface area contributed by atoms with Gasteiger partial charge in [0.05, 0.1) is 0 Å². The van der Waals surface area contributed by atoms with Crippen molar-refractivity contribution in [3.8, 4) is 0 Å². The number of carbonyl (C=O) groups is 1. The monoisotopic (exact) mass is 248 g/mol. The predicted octanol–water partition coefficient (Wildman–Crippen LogP) is 3.01. The first-order valence-corrected chi connectivity index (χ1v) is 6.64. The lowest BCUT2D eigenvalue weighted by atomic mass is 10.0. The zero-order valence-corrected chi connectivity index (χ0v) is 11.6. The second-order valence-electron chi connectivity index (χ2n) is 4.92. The molecule has 0 radical (unpaired) electrons. The Labute approximate surface area is 110 Å². The molecule has 0 aliphatic rings. The number of aryl methyl sites for hydroxylation is 2. The van der Waals surface area contributed by atoms with Crippen LogP contribution in [0.25, 0.3) is 0 Å². The Bertz CT molecular complexity index is 397. The van der Waals surface area contributed by atoms with Crippen molar-refractivity contribution in [1.29, 1.82) is 0 Å². The molecule has 0 aliphatic heterocycles. The molecule has 0 fully saturated rings. The van der Waals surface area contributed by atoms with E-state index in [1.807, 2.05) is 32.0 Å². The molecule has 1 unspecified atom stereocenters. The van der Waals surface area contributed by atoms with Crippen LogP contribution in [0.15, 0.2) is 18.2 Å². The average molecular weight is 248 g/mol. The molecule has 1 atom stereocenters. The average Bonchev–Trinajstić information content (AvgIpc) is 2.35. The molecular formula is C15H24N2O. The molecule has 1 aromatic carbocycles. The van der Waals surface area contributed by atoms with Crippen molar-refractivity contribution in [3.05, 3.63) is 29.3 Å². The van der Waals surface area contributed by atoms with Crippen LogP contribution in [0.3, 0.4) is 0 Å². The first-order chi connectivity index (χ1) is 8.56. The van der Waals surface area contributed by atoms with Crippen molar-refractivity contribution in [3.63, 3.8) is 0 Å². The van der Waals surface area contributed by atoms with Gasteiger partial charge in [0.1, 0.15) is 0 Å². The number of nitrogens with one attached hydrogen (secondary N) is 1. The molecule has 0 saturated heterocycles. The highest BCUT2D eigenvalue weighted by Crippen LogP contribution is 2.17. The van der Waals surface area contributed by atoms with E-state index >= 15 is 0 Å². The summed E-state index contributed by atoms with van der Waals surface area (Å²) in [6.07, 6.45) is 2.44. The SMILES string of the molecule is CCC(CN)CCC(=O)Nc1cc(C)ccc1C. The first kappa shape index (κ1) is 14.7. The molecule has 0 bridgehead atoms. The Balaban J connectivity index is 2.51. The van der Waals surface area contributed by atoms with Gasteiger partial charge in [0.15, 0.2) is 0 Å². The number of carbonyl (C=O) groups excluding carboxylic acids is 1. The molecule has 0 aromatic heterocycles. The fourth-order valence-corrected chi connectivity index (χ4v) is 1.91. The maximum Gasteiger partial charge on any atom is 0.224 e. The summed E-state index contributed by atoms with van der Waals surface area (Å²) in [6, 6.07) is 6.08. The number of amides is 1. The summed E-state index contributed by atoms with van der Waals surface area (Å²) in [4.78, 5) is 11.9. The fourth-order valence-electron chi connectivity index (χ4n) is 1.91. The second kappa shape index (κ2) is 7.17. The lowest BCUT2D eigenvalue weighted by Crippen LogP contribution is -2.18. The minimum absolute atomic E-state index is 0.0793. The summed E-state index contributed by atoms with van der Waals surface area (Å²) in [7, 11) is 0. The highest BCUT2D eigenvalue weighted by atomic mass is 16.1.